The fourth-order valence-corrected chi connectivity index (χ4v) is 4.40. The lowest BCUT2D eigenvalue weighted by Crippen LogP contribution is -2.41. The first-order chi connectivity index (χ1) is 7.67. The van der Waals surface area contributed by atoms with Crippen LogP contribution in [0.25, 0.3) is 0 Å². The van der Waals surface area contributed by atoms with Gasteiger partial charge >= 0.3 is 15.2 Å². The minimum atomic E-state index is -5.10. The molecule has 1 saturated heterocycles. The van der Waals surface area contributed by atoms with E-state index in [4.69, 9.17) is 4.74 Å². The van der Waals surface area contributed by atoms with E-state index in [9.17, 15) is 28.7 Å². The van der Waals surface area contributed by atoms with E-state index in [-0.39, 0.29) is 19.2 Å². The van der Waals surface area contributed by atoms with Crippen molar-refractivity contribution in [1.29, 1.82) is 0 Å². The highest BCUT2D eigenvalue weighted by molar-refractivity contribution is 7.72. The van der Waals surface area contributed by atoms with Crippen LogP contribution in [0.3, 0.4) is 0 Å². The van der Waals surface area contributed by atoms with E-state index >= 15 is 0 Å². The summed E-state index contributed by atoms with van der Waals surface area (Å²) in [7, 11) is -10.2. The highest BCUT2D eigenvalue weighted by atomic mass is 31.2. The van der Waals surface area contributed by atoms with Crippen molar-refractivity contribution < 1.29 is 33.4 Å². The highest BCUT2D eigenvalue weighted by Gasteiger charge is 2.63. The van der Waals surface area contributed by atoms with Crippen LogP contribution in [0.5, 0.6) is 0 Å². The summed E-state index contributed by atoms with van der Waals surface area (Å²) in [6.07, 6.45) is -0.408. The summed E-state index contributed by atoms with van der Waals surface area (Å²) < 4.78 is 27.7. The Morgan fingerprint density at radius 2 is 1.76 bits per heavy atom. The molecule has 0 spiro atoms. The van der Waals surface area contributed by atoms with E-state index in [1.165, 1.54) is 0 Å². The van der Waals surface area contributed by atoms with E-state index in [2.05, 4.69) is 4.99 Å². The number of ether oxygens (including phenoxy) is 1. The Bertz CT molecular complexity index is 429. The summed E-state index contributed by atoms with van der Waals surface area (Å²) in [4.78, 5) is 41.8. The second-order valence-corrected chi connectivity index (χ2v) is 7.85. The van der Waals surface area contributed by atoms with E-state index in [1.54, 1.807) is 4.90 Å². The molecule has 0 unspecified atom stereocenters. The van der Waals surface area contributed by atoms with Crippen molar-refractivity contribution in [3.8, 4) is 0 Å². The fraction of sp³-hybridized carbons (Fsp3) is 0.833. The Balaban J connectivity index is 2.55. The Kier molecular flexibility index (Phi) is 2.89. The minimum absolute atomic E-state index is 0.0923. The molecule has 4 N–H and O–H groups in total. The second kappa shape index (κ2) is 3.78. The molecule has 0 radical (unpaired) electrons. The lowest BCUT2D eigenvalue weighted by atomic mass is 10.3. The SMILES string of the molecule is O=P(O)(O)C1(P(=O)(O)O)CCN2CCOC2=N1. The zero-order chi connectivity index (χ0) is 12.9. The molecular formula is C6H12N2O7P2. The predicted molar refractivity (Wildman–Crippen MR) is 56.4 cm³/mol. The van der Waals surface area contributed by atoms with Crippen molar-refractivity contribution in [2.45, 2.75) is 11.4 Å². The van der Waals surface area contributed by atoms with Gasteiger partial charge in [0.25, 0.3) is 11.0 Å². The smallest absolute Gasteiger partial charge is 0.365 e. The Morgan fingerprint density at radius 1 is 1.18 bits per heavy atom. The van der Waals surface area contributed by atoms with Gasteiger partial charge in [0.2, 0.25) is 0 Å². The third kappa shape index (κ3) is 1.93. The Labute approximate surface area is 96.4 Å². The van der Waals surface area contributed by atoms with Crippen LogP contribution in [-0.2, 0) is 13.9 Å². The first-order valence-electron chi connectivity index (χ1n) is 4.76. The number of rotatable bonds is 2. The summed E-state index contributed by atoms with van der Waals surface area (Å²) in [5.41, 5.74) is 0. The van der Waals surface area contributed by atoms with Crippen LogP contribution >= 0.6 is 15.2 Å². The fourth-order valence-electron chi connectivity index (χ4n) is 1.83. The van der Waals surface area contributed by atoms with E-state index in [1.807, 2.05) is 0 Å². The van der Waals surface area contributed by atoms with Crippen molar-refractivity contribution in [2.24, 2.45) is 4.99 Å². The quantitative estimate of drug-likeness (QED) is 0.478. The van der Waals surface area contributed by atoms with Crippen molar-refractivity contribution in [1.82, 2.24) is 4.90 Å². The standard InChI is InChI=1S/C6H12N2O7P2/c9-16(10,11)6(17(12,13)14)1-2-8-3-4-15-5(8)7-6/h1-4H2,(H2,9,10,11)(H2,12,13,14). The molecule has 98 valence electrons. The second-order valence-electron chi connectivity index (χ2n) is 3.84. The van der Waals surface area contributed by atoms with Gasteiger partial charge in [-0.2, -0.15) is 0 Å². The number of fused-ring (bicyclic) bond motifs is 1. The maximum Gasteiger partial charge on any atom is 0.365 e. The summed E-state index contributed by atoms with van der Waals surface area (Å²) in [5.74, 6) is 0. The minimum Gasteiger partial charge on any atom is -0.463 e. The normalized spacial score (nSPS) is 24.0. The zero-order valence-corrected chi connectivity index (χ0v) is 10.4. The van der Waals surface area contributed by atoms with Gasteiger partial charge in [-0.15, -0.1) is 0 Å². The summed E-state index contributed by atoms with van der Waals surface area (Å²) in [6.45, 7) is 0.878. The largest absolute Gasteiger partial charge is 0.463 e. The number of nitrogens with zero attached hydrogens (tertiary/aromatic N) is 2. The van der Waals surface area contributed by atoms with Gasteiger partial charge in [0.15, 0.2) is 0 Å². The number of amidine groups is 1. The van der Waals surface area contributed by atoms with Gasteiger partial charge in [0.05, 0.1) is 6.54 Å². The molecule has 0 aromatic rings. The monoisotopic (exact) mass is 286 g/mol. The van der Waals surface area contributed by atoms with Crippen molar-refractivity contribution >= 4 is 21.2 Å². The van der Waals surface area contributed by atoms with Gasteiger partial charge in [-0.3, -0.25) is 9.13 Å². The molecule has 0 atom stereocenters. The molecule has 2 heterocycles. The summed E-state index contributed by atoms with van der Waals surface area (Å²) in [6, 6.07) is -0.108. The maximum atomic E-state index is 11.4. The van der Waals surface area contributed by atoms with Crippen molar-refractivity contribution in [3.05, 3.63) is 0 Å². The molecular weight excluding hydrogens is 274 g/mol. The molecule has 2 rings (SSSR count). The van der Waals surface area contributed by atoms with Crippen LogP contribution in [0.4, 0.5) is 0 Å². The van der Waals surface area contributed by atoms with Crippen molar-refractivity contribution in [2.75, 3.05) is 19.7 Å². The van der Waals surface area contributed by atoms with Gasteiger partial charge in [0, 0.05) is 13.0 Å². The third-order valence-electron chi connectivity index (χ3n) is 2.79. The lowest BCUT2D eigenvalue weighted by molar-refractivity contribution is 0.275. The van der Waals surface area contributed by atoms with E-state index in [0.29, 0.717) is 6.54 Å². The molecule has 17 heavy (non-hydrogen) atoms. The molecule has 9 nitrogen and oxygen atoms in total. The molecule has 0 aromatic carbocycles. The number of aliphatic imine (C=N–C) groups is 1. The van der Waals surface area contributed by atoms with E-state index < -0.39 is 26.6 Å². The number of hydrogen-bond donors (Lipinski definition) is 4. The van der Waals surface area contributed by atoms with Gasteiger partial charge in [-0.1, -0.05) is 0 Å². The van der Waals surface area contributed by atoms with Crippen LogP contribution in [0.1, 0.15) is 6.42 Å². The highest BCUT2D eigenvalue weighted by Crippen LogP contribution is 2.72. The van der Waals surface area contributed by atoms with Crippen LogP contribution in [0, 0.1) is 0 Å². The first kappa shape index (κ1) is 13.0. The molecule has 0 saturated carbocycles. The topological polar surface area (TPSA) is 140 Å². The molecule has 0 aromatic heterocycles. The third-order valence-corrected chi connectivity index (χ3v) is 6.86. The zero-order valence-electron chi connectivity index (χ0n) is 8.63. The molecule has 2 aliphatic heterocycles. The van der Waals surface area contributed by atoms with Crippen molar-refractivity contribution in [3.63, 3.8) is 0 Å². The number of hydrogen-bond acceptors (Lipinski definition) is 5. The molecule has 0 amide bonds. The predicted octanol–water partition coefficient (Wildman–Crippen LogP) is -0.913. The summed E-state index contributed by atoms with van der Waals surface area (Å²) >= 11 is 0. The van der Waals surface area contributed by atoms with Crippen LogP contribution in [0.15, 0.2) is 4.99 Å². The van der Waals surface area contributed by atoms with Crippen LogP contribution in [0.2, 0.25) is 0 Å². The molecule has 0 aliphatic carbocycles. The van der Waals surface area contributed by atoms with Gasteiger partial charge in [-0.05, 0) is 0 Å². The average Bonchev–Trinajstić information content (AvgIpc) is 2.59. The van der Waals surface area contributed by atoms with E-state index in [0.717, 1.165) is 0 Å². The molecule has 11 heteroatoms. The Hall–Kier alpha value is -0.430. The average molecular weight is 286 g/mol. The van der Waals surface area contributed by atoms with Gasteiger partial charge in [-0.25, -0.2) is 4.99 Å². The van der Waals surface area contributed by atoms with Crippen LogP contribution in [-0.4, -0.2) is 55.2 Å². The van der Waals surface area contributed by atoms with Crippen LogP contribution < -0.4 is 0 Å². The van der Waals surface area contributed by atoms with Gasteiger partial charge < -0.3 is 29.2 Å². The summed E-state index contributed by atoms with van der Waals surface area (Å²) in [5, 5.41) is -2.70. The maximum absolute atomic E-state index is 11.4. The van der Waals surface area contributed by atoms with Gasteiger partial charge in [0.1, 0.15) is 6.61 Å². The lowest BCUT2D eigenvalue weighted by Gasteiger charge is -2.36. The first-order valence-corrected chi connectivity index (χ1v) is 7.99. The molecule has 1 fully saturated rings. The molecule has 2 aliphatic rings. The molecule has 0 bridgehead atoms. The Morgan fingerprint density at radius 3 is 2.29 bits per heavy atom.